The third-order valence-corrected chi connectivity index (χ3v) is 8.90. The van der Waals surface area contributed by atoms with Crippen molar-refractivity contribution >= 4 is 53.9 Å². The van der Waals surface area contributed by atoms with Crippen molar-refractivity contribution in [3.63, 3.8) is 0 Å². The molecule has 186 valence electrons. The second-order valence-electron chi connectivity index (χ2n) is 7.90. The second-order valence-corrected chi connectivity index (χ2v) is 11.8. The number of rotatable bonds is 10. The molecule has 0 spiro atoms. The van der Waals surface area contributed by atoms with Gasteiger partial charge in [0.15, 0.2) is 5.76 Å². The Morgan fingerprint density at radius 1 is 1.11 bits per heavy atom. The number of amides is 2. The molecule has 2 N–H and O–H groups in total. The Morgan fingerprint density at radius 3 is 2.63 bits per heavy atom. The lowest BCUT2D eigenvalue weighted by molar-refractivity contribution is 0.0944. The zero-order valence-corrected chi connectivity index (χ0v) is 22.3. The van der Waals surface area contributed by atoms with Gasteiger partial charge < -0.3 is 19.8 Å². The SMILES string of the molecule is CCOCCCNC(=O)c1c(NC(=O)c2ccc(S(=O)(=O)c3ccc(Br)cc3)o2)sc2c1CCC2. The van der Waals surface area contributed by atoms with Gasteiger partial charge in [-0.05, 0) is 74.6 Å². The van der Waals surface area contributed by atoms with Gasteiger partial charge in [-0.15, -0.1) is 11.3 Å². The maximum Gasteiger partial charge on any atom is 0.292 e. The number of aryl methyl sites for hydroxylation is 1. The summed E-state index contributed by atoms with van der Waals surface area (Å²) in [7, 11) is -3.92. The van der Waals surface area contributed by atoms with Crippen LogP contribution in [0, 0.1) is 0 Å². The van der Waals surface area contributed by atoms with Gasteiger partial charge in [-0.1, -0.05) is 15.9 Å². The molecule has 0 saturated carbocycles. The molecular weight excluding hydrogens is 556 g/mol. The van der Waals surface area contributed by atoms with Crippen LogP contribution < -0.4 is 10.6 Å². The second kappa shape index (κ2) is 11.1. The summed E-state index contributed by atoms with van der Waals surface area (Å²) in [6.45, 7) is 3.57. The van der Waals surface area contributed by atoms with Gasteiger partial charge in [0.25, 0.3) is 11.8 Å². The minimum atomic E-state index is -3.92. The molecule has 3 aromatic rings. The number of halogens is 1. The molecule has 0 atom stereocenters. The van der Waals surface area contributed by atoms with Crippen LogP contribution in [-0.4, -0.2) is 40.0 Å². The Labute approximate surface area is 216 Å². The molecule has 0 saturated heterocycles. The summed E-state index contributed by atoms with van der Waals surface area (Å²) in [6.07, 6.45) is 3.29. The number of sulfone groups is 1. The smallest absolute Gasteiger partial charge is 0.292 e. The van der Waals surface area contributed by atoms with Gasteiger partial charge in [0.05, 0.1) is 10.5 Å². The largest absolute Gasteiger partial charge is 0.439 e. The first-order valence-electron chi connectivity index (χ1n) is 11.2. The predicted octanol–water partition coefficient (Wildman–Crippen LogP) is 4.83. The van der Waals surface area contributed by atoms with Crippen molar-refractivity contribution in [3.05, 3.63) is 62.6 Å². The van der Waals surface area contributed by atoms with Gasteiger partial charge in [0, 0.05) is 29.1 Å². The molecule has 1 aliphatic rings. The zero-order valence-electron chi connectivity index (χ0n) is 19.1. The summed E-state index contributed by atoms with van der Waals surface area (Å²) < 4.78 is 37.2. The number of fused-ring (bicyclic) bond motifs is 1. The first kappa shape index (κ1) is 25.6. The number of ether oxygens (including phenoxy) is 1. The number of thiophene rings is 1. The average Bonchev–Trinajstić information content (AvgIpc) is 3.55. The predicted molar refractivity (Wildman–Crippen MR) is 136 cm³/mol. The van der Waals surface area contributed by atoms with Crippen molar-refractivity contribution < 1.29 is 27.2 Å². The highest BCUT2D eigenvalue weighted by Crippen LogP contribution is 2.39. The van der Waals surface area contributed by atoms with Crippen molar-refractivity contribution in [1.29, 1.82) is 0 Å². The molecule has 2 aromatic heterocycles. The molecule has 0 unspecified atom stereocenters. The highest BCUT2D eigenvalue weighted by atomic mass is 79.9. The van der Waals surface area contributed by atoms with E-state index in [4.69, 9.17) is 9.15 Å². The molecule has 2 amide bonds. The number of benzene rings is 1. The molecule has 35 heavy (non-hydrogen) atoms. The Balaban J connectivity index is 1.50. The van der Waals surface area contributed by atoms with Gasteiger partial charge in [-0.25, -0.2) is 8.42 Å². The lowest BCUT2D eigenvalue weighted by Gasteiger charge is -2.09. The number of carbonyl (C=O) groups excluding carboxylic acids is 2. The quantitative estimate of drug-likeness (QED) is 0.332. The lowest BCUT2D eigenvalue weighted by atomic mass is 10.1. The molecule has 0 fully saturated rings. The highest BCUT2D eigenvalue weighted by molar-refractivity contribution is 9.10. The number of hydrogen-bond acceptors (Lipinski definition) is 7. The minimum absolute atomic E-state index is 0.0555. The number of carbonyl (C=O) groups is 2. The van der Waals surface area contributed by atoms with Crippen LogP contribution in [0.2, 0.25) is 0 Å². The van der Waals surface area contributed by atoms with E-state index < -0.39 is 15.7 Å². The molecule has 2 heterocycles. The molecule has 0 radical (unpaired) electrons. The van der Waals surface area contributed by atoms with Crippen LogP contribution in [0.4, 0.5) is 5.00 Å². The van der Waals surface area contributed by atoms with Crippen LogP contribution in [-0.2, 0) is 27.4 Å². The monoisotopic (exact) mass is 580 g/mol. The van der Waals surface area contributed by atoms with Crippen molar-refractivity contribution in [1.82, 2.24) is 5.32 Å². The Morgan fingerprint density at radius 2 is 1.89 bits per heavy atom. The van der Waals surface area contributed by atoms with Crippen molar-refractivity contribution in [2.45, 2.75) is 42.6 Å². The summed E-state index contributed by atoms with van der Waals surface area (Å²) in [5.41, 5.74) is 1.44. The van der Waals surface area contributed by atoms with Crippen LogP contribution in [0.1, 0.15) is 51.1 Å². The fourth-order valence-electron chi connectivity index (χ4n) is 3.82. The normalized spacial score (nSPS) is 13.0. The molecular formula is C24H25BrN2O6S2. The summed E-state index contributed by atoms with van der Waals surface area (Å²) in [5.74, 6) is -1.01. The molecule has 1 aliphatic carbocycles. The summed E-state index contributed by atoms with van der Waals surface area (Å²) in [4.78, 5) is 27.0. The Kier molecular flexibility index (Phi) is 8.10. The van der Waals surface area contributed by atoms with Crippen LogP contribution in [0.25, 0.3) is 0 Å². The maximum atomic E-state index is 13.0. The van der Waals surface area contributed by atoms with E-state index in [0.717, 1.165) is 34.2 Å². The van der Waals surface area contributed by atoms with E-state index >= 15 is 0 Å². The molecule has 8 nitrogen and oxygen atoms in total. The van der Waals surface area contributed by atoms with Crippen LogP contribution in [0.5, 0.6) is 0 Å². The number of nitrogens with one attached hydrogen (secondary N) is 2. The van der Waals surface area contributed by atoms with E-state index in [1.165, 1.54) is 35.6 Å². The van der Waals surface area contributed by atoms with Crippen LogP contribution in [0.15, 0.2) is 55.3 Å². The summed E-state index contributed by atoms with van der Waals surface area (Å²) in [6, 6.07) is 8.70. The third kappa shape index (κ3) is 5.69. The first-order valence-corrected chi connectivity index (χ1v) is 14.3. The van der Waals surface area contributed by atoms with E-state index in [1.54, 1.807) is 12.1 Å². The van der Waals surface area contributed by atoms with Crippen molar-refractivity contribution in [3.8, 4) is 0 Å². The molecule has 0 bridgehead atoms. The molecule has 11 heteroatoms. The number of furan rings is 1. The van der Waals surface area contributed by atoms with Crippen molar-refractivity contribution in [2.24, 2.45) is 0 Å². The standard InChI is InChI=1S/C24H25BrN2O6S2/c1-2-32-14-4-13-26-23(29)21-17-5-3-6-19(17)34-24(21)27-22(28)18-11-12-20(33-18)35(30,31)16-9-7-15(25)8-10-16/h7-12H,2-6,13-14H2,1H3,(H,26,29)(H,27,28). The van der Waals surface area contributed by atoms with Crippen molar-refractivity contribution in [2.75, 3.05) is 25.1 Å². The Bertz CT molecular complexity index is 1330. The lowest BCUT2D eigenvalue weighted by Crippen LogP contribution is -2.27. The van der Waals surface area contributed by atoms with Gasteiger partial charge in [-0.2, -0.15) is 0 Å². The van der Waals surface area contributed by atoms with Crippen LogP contribution in [0.3, 0.4) is 0 Å². The van der Waals surface area contributed by atoms with E-state index in [9.17, 15) is 18.0 Å². The fourth-order valence-corrected chi connectivity index (χ4v) is 6.54. The maximum absolute atomic E-state index is 13.0. The first-order chi connectivity index (χ1) is 16.8. The van der Waals surface area contributed by atoms with Crippen LogP contribution >= 0.6 is 27.3 Å². The van der Waals surface area contributed by atoms with Gasteiger partial charge in [0.2, 0.25) is 14.9 Å². The molecule has 0 aliphatic heterocycles. The van der Waals surface area contributed by atoms with Gasteiger partial charge >= 0.3 is 0 Å². The summed E-state index contributed by atoms with van der Waals surface area (Å²) in [5, 5.41) is 5.78. The highest BCUT2D eigenvalue weighted by Gasteiger charge is 2.29. The topological polar surface area (TPSA) is 115 Å². The average molecular weight is 582 g/mol. The van der Waals surface area contributed by atoms with E-state index in [-0.39, 0.29) is 21.7 Å². The summed E-state index contributed by atoms with van der Waals surface area (Å²) >= 11 is 4.65. The molecule has 4 rings (SSSR count). The zero-order chi connectivity index (χ0) is 25.0. The fraction of sp³-hybridized carbons (Fsp3) is 0.333. The van der Waals surface area contributed by atoms with E-state index in [2.05, 4.69) is 26.6 Å². The third-order valence-electron chi connectivity index (χ3n) is 5.52. The van der Waals surface area contributed by atoms with E-state index in [0.29, 0.717) is 36.7 Å². The number of hydrogen-bond donors (Lipinski definition) is 2. The molecule has 1 aromatic carbocycles. The van der Waals surface area contributed by atoms with E-state index in [1.807, 2.05) is 6.92 Å². The Hall–Kier alpha value is -2.47. The minimum Gasteiger partial charge on any atom is -0.439 e. The van der Waals surface area contributed by atoms with Gasteiger partial charge in [-0.3, -0.25) is 9.59 Å². The van der Waals surface area contributed by atoms with Gasteiger partial charge in [0.1, 0.15) is 5.00 Å². The number of anilines is 1.